The van der Waals surface area contributed by atoms with Crippen LogP contribution in [0.1, 0.15) is 17.4 Å². The molecule has 0 amide bonds. The third-order valence-corrected chi connectivity index (χ3v) is 3.63. The number of hydrogen-bond acceptors (Lipinski definition) is 3. The van der Waals surface area contributed by atoms with Gasteiger partial charge in [0.25, 0.3) is 0 Å². The average molecular weight is 335 g/mol. The number of hydrogen-bond donors (Lipinski definition) is 0. The van der Waals surface area contributed by atoms with Crippen molar-refractivity contribution in [2.75, 3.05) is 6.61 Å². The predicted octanol–water partition coefficient (Wildman–Crippen LogP) is 4.51. The minimum atomic E-state index is -0.438. The van der Waals surface area contributed by atoms with Gasteiger partial charge in [-0.05, 0) is 43.3 Å². The molecule has 0 aliphatic heterocycles. The largest absolute Gasteiger partial charge is 0.461 e. The molecule has 112 valence electrons. The normalized spacial score (nSPS) is 10.9. The van der Waals surface area contributed by atoms with E-state index in [1.165, 1.54) is 4.68 Å². The number of aromatic nitrogens is 2. The van der Waals surface area contributed by atoms with Crippen LogP contribution in [0.2, 0.25) is 10.0 Å². The first-order valence-corrected chi connectivity index (χ1v) is 7.47. The maximum Gasteiger partial charge on any atom is 0.357 e. The van der Waals surface area contributed by atoms with E-state index in [0.29, 0.717) is 32.3 Å². The third-order valence-electron chi connectivity index (χ3n) is 3.16. The van der Waals surface area contributed by atoms with Gasteiger partial charge < -0.3 is 4.74 Å². The molecule has 0 aliphatic carbocycles. The SMILES string of the molecule is CCOC(=O)c1c2ccc(Cl)cc2nn1-c1cccc(Cl)c1. The van der Waals surface area contributed by atoms with Crippen molar-refractivity contribution in [1.29, 1.82) is 0 Å². The zero-order chi connectivity index (χ0) is 15.7. The molecule has 0 bridgehead atoms. The number of ether oxygens (including phenoxy) is 1. The molecule has 3 rings (SSSR count). The van der Waals surface area contributed by atoms with Crippen LogP contribution in [0.4, 0.5) is 0 Å². The summed E-state index contributed by atoms with van der Waals surface area (Å²) in [6.45, 7) is 2.05. The Hall–Kier alpha value is -2.04. The van der Waals surface area contributed by atoms with E-state index in [0.717, 1.165) is 0 Å². The Morgan fingerprint density at radius 1 is 1.18 bits per heavy atom. The summed E-state index contributed by atoms with van der Waals surface area (Å²) >= 11 is 12.0. The molecule has 0 radical (unpaired) electrons. The van der Waals surface area contributed by atoms with E-state index < -0.39 is 5.97 Å². The number of benzene rings is 2. The second kappa shape index (κ2) is 5.99. The van der Waals surface area contributed by atoms with Gasteiger partial charge >= 0.3 is 5.97 Å². The van der Waals surface area contributed by atoms with E-state index in [-0.39, 0.29) is 6.61 Å². The zero-order valence-electron chi connectivity index (χ0n) is 11.7. The highest BCUT2D eigenvalue weighted by atomic mass is 35.5. The summed E-state index contributed by atoms with van der Waals surface area (Å²) in [6.07, 6.45) is 0. The zero-order valence-corrected chi connectivity index (χ0v) is 13.2. The van der Waals surface area contributed by atoms with Crippen LogP contribution >= 0.6 is 23.2 Å². The lowest BCUT2D eigenvalue weighted by Gasteiger charge is -2.07. The molecular weight excluding hydrogens is 323 g/mol. The van der Waals surface area contributed by atoms with Crippen molar-refractivity contribution in [3.63, 3.8) is 0 Å². The van der Waals surface area contributed by atoms with E-state index >= 15 is 0 Å². The Morgan fingerprint density at radius 3 is 2.68 bits per heavy atom. The highest BCUT2D eigenvalue weighted by molar-refractivity contribution is 6.31. The summed E-state index contributed by atoms with van der Waals surface area (Å²) in [5.74, 6) is -0.438. The number of carbonyl (C=O) groups excluding carboxylic acids is 1. The fourth-order valence-corrected chi connectivity index (χ4v) is 2.60. The van der Waals surface area contributed by atoms with Crippen molar-refractivity contribution < 1.29 is 9.53 Å². The molecule has 0 aliphatic rings. The maximum atomic E-state index is 12.3. The molecule has 0 fully saturated rings. The van der Waals surface area contributed by atoms with E-state index in [9.17, 15) is 4.79 Å². The molecule has 0 spiro atoms. The summed E-state index contributed by atoms with van der Waals surface area (Å²) in [5.41, 5.74) is 1.66. The van der Waals surface area contributed by atoms with E-state index in [4.69, 9.17) is 27.9 Å². The summed E-state index contributed by atoms with van der Waals surface area (Å²) in [5, 5.41) is 6.26. The molecule has 0 N–H and O–H groups in total. The van der Waals surface area contributed by atoms with Gasteiger partial charge in [0.1, 0.15) is 0 Å². The monoisotopic (exact) mass is 334 g/mol. The van der Waals surface area contributed by atoms with Crippen molar-refractivity contribution in [2.45, 2.75) is 6.92 Å². The van der Waals surface area contributed by atoms with Gasteiger partial charge in [-0.25, -0.2) is 9.48 Å². The molecule has 22 heavy (non-hydrogen) atoms. The predicted molar refractivity (Wildman–Crippen MR) is 87.0 cm³/mol. The van der Waals surface area contributed by atoms with Crippen molar-refractivity contribution >= 4 is 40.1 Å². The molecule has 0 saturated heterocycles. The molecule has 3 aromatic rings. The molecule has 2 aromatic carbocycles. The van der Waals surface area contributed by atoms with Crippen LogP contribution in [-0.4, -0.2) is 22.4 Å². The molecule has 1 aromatic heterocycles. The van der Waals surface area contributed by atoms with Crippen LogP contribution in [0.5, 0.6) is 0 Å². The third kappa shape index (κ3) is 2.67. The number of fused-ring (bicyclic) bond motifs is 1. The number of nitrogens with zero attached hydrogens (tertiary/aromatic N) is 2. The second-order valence-electron chi connectivity index (χ2n) is 4.62. The Labute approximate surface area is 137 Å². The Balaban J connectivity index is 2.28. The van der Waals surface area contributed by atoms with Crippen LogP contribution in [-0.2, 0) is 4.74 Å². The van der Waals surface area contributed by atoms with Gasteiger partial charge in [-0.1, -0.05) is 29.3 Å². The highest BCUT2D eigenvalue weighted by Crippen LogP contribution is 2.26. The average Bonchev–Trinajstić information content (AvgIpc) is 2.86. The second-order valence-corrected chi connectivity index (χ2v) is 5.50. The topological polar surface area (TPSA) is 44.1 Å². The Kier molecular flexibility index (Phi) is 4.05. The molecule has 0 unspecified atom stereocenters. The van der Waals surface area contributed by atoms with Crippen LogP contribution in [0.3, 0.4) is 0 Å². The van der Waals surface area contributed by atoms with Crippen LogP contribution < -0.4 is 0 Å². The molecular formula is C16H12Cl2N2O2. The van der Waals surface area contributed by atoms with Gasteiger partial charge in [0.2, 0.25) is 0 Å². The number of rotatable bonds is 3. The van der Waals surface area contributed by atoms with Crippen molar-refractivity contribution in [3.8, 4) is 5.69 Å². The number of esters is 1. The first kappa shape index (κ1) is 14.9. The lowest BCUT2D eigenvalue weighted by atomic mass is 10.2. The van der Waals surface area contributed by atoms with E-state index in [1.807, 2.05) is 6.07 Å². The van der Waals surface area contributed by atoms with Crippen LogP contribution in [0.15, 0.2) is 42.5 Å². The highest BCUT2D eigenvalue weighted by Gasteiger charge is 2.21. The van der Waals surface area contributed by atoms with Crippen LogP contribution in [0, 0.1) is 0 Å². The van der Waals surface area contributed by atoms with Gasteiger partial charge in [-0.2, -0.15) is 5.10 Å². The quantitative estimate of drug-likeness (QED) is 0.662. The lowest BCUT2D eigenvalue weighted by Crippen LogP contribution is -2.12. The van der Waals surface area contributed by atoms with Gasteiger partial charge in [0, 0.05) is 15.4 Å². The fraction of sp³-hybridized carbons (Fsp3) is 0.125. The minimum Gasteiger partial charge on any atom is -0.461 e. The molecule has 6 heteroatoms. The Bertz CT molecular complexity index is 858. The van der Waals surface area contributed by atoms with Crippen molar-refractivity contribution in [1.82, 2.24) is 9.78 Å². The summed E-state index contributed by atoms with van der Waals surface area (Å²) in [6, 6.07) is 12.3. The van der Waals surface area contributed by atoms with Gasteiger partial charge in [0.05, 0.1) is 17.8 Å². The summed E-state index contributed by atoms with van der Waals surface area (Å²) in [7, 11) is 0. The van der Waals surface area contributed by atoms with E-state index in [1.54, 1.807) is 43.3 Å². The molecule has 1 heterocycles. The number of halogens is 2. The molecule has 4 nitrogen and oxygen atoms in total. The van der Waals surface area contributed by atoms with Gasteiger partial charge in [-0.15, -0.1) is 0 Å². The first-order valence-electron chi connectivity index (χ1n) is 6.71. The minimum absolute atomic E-state index is 0.286. The number of carbonyl (C=O) groups is 1. The lowest BCUT2D eigenvalue weighted by molar-refractivity contribution is 0.0518. The Morgan fingerprint density at radius 2 is 1.95 bits per heavy atom. The summed E-state index contributed by atoms with van der Waals surface area (Å²) in [4.78, 5) is 12.3. The van der Waals surface area contributed by atoms with Gasteiger partial charge in [0.15, 0.2) is 5.69 Å². The van der Waals surface area contributed by atoms with Gasteiger partial charge in [-0.3, -0.25) is 0 Å². The smallest absolute Gasteiger partial charge is 0.357 e. The first-order chi connectivity index (χ1) is 10.6. The standard InChI is InChI=1S/C16H12Cl2N2O2/c1-2-22-16(21)15-13-7-6-11(18)9-14(13)19-20(15)12-5-3-4-10(17)8-12/h3-9H,2H2,1H3. The van der Waals surface area contributed by atoms with E-state index in [2.05, 4.69) is 5.10 Å². The molecule has 0 atom stereocenters. The van der Waals surface area contributed by atoms with Crippen molar-refractivity contribution in [3.05, 3.63) is 58.2 Å². The molecule has 0 saturated carbocycles. The maximum absolute atomic E-state index is 12.3. The summed E-state index contributed by atoms with van der Waals surface area (Å²) < 4.78 is 6.68. The van der Waals surface area contributed by atoms with Crippen LogP contribution in [0.25, 0.3) is 16.6 Å². The van der Waals surface area contributed by atoms with Crippen molar-refractivity contribution in [2.24, 2.45) is 0 Å². The fourth-order valence-electron chi connectivity index (χ4n) is 2.25.